The summed E-state index contributed by atoms with van der Waals surface area (Å²) >= 11 is 0. The molecule has 1 N–H and O–H groups in total. The number of hydrogen-bond donors (Lipinski definition) is 1. The predicted octanol–water partition coefficient (Wildman–Crippen LogP) is 3.77. The average molecular weight is 279 g/mol. The average Bonchev–Trinajstić information content (AvgIpc) is 2.67. The predicted molar refractivity (Wildman–Crippen MR) is 87.2 cm³/mol. The highest BCUT2D eigenvalue weighted by molar-refractivity contribution is 5.24. The van der Waals surface area contributed by atoms with Gasteiger partial charge in [0.05, 0.1) is 5.69 Å². The van der Waals surface area contributed by atoms with Gasteiger partial charge in [-0.1, -0.05) is 33.6 Å². The van der Waals surface area contributed by atoms with Crippen molar-refractivity contribution in [2.24, 2.45) is 13.0 Å². The van der Waals surface area contributed by atoms with Crippen LogP contribution in [-0.2, 0) is 13.5 Å². The minimum atomic E-state index is 0.643. The molecule has 0 aliphatic carbocycles. The maximum Gasteiger partial charge on any atom is 0.0628 e. The van der Waals surface area contributed by atoms with Gasteiger partial charge in [0.25, 0.3) is 0 Å². The fourth-order valence-electron chi connectivity index (χ4n) is 3.11. The van der Waals surface area contributed by atoms with E-state index in [9.17, 15) is 0 Å². The largest absolute Gasteiger partial charge is 0.314 e. The minimum absolute atomic E-state index is 0.643. The standard InChI is InChI=1S/C17H33N3/c1-7-15(8-2)12-16(18-9-3)10-11-17-13(4)19-20(6)14(17)5/h15-16,18H,7-12H2,1-6H3. The molecule has 1 heterocycles. The summed E-state index contributed by atoms with van der Waals surface area (Å²) < 4.78 is 2.01. The summed E-state index contributed by atoms with van der Waals surface area (Å²) in [6.07, 6.45) is 6.26. The summed E-state index contributed by atoms with van der Waals surface area (Å²) in [5.74, 6) is 0.857. The van der Waals surface area contributed by atoms with E-state index in [1.54, 1.807) is 0 Å². The molecule has 0 saturated carbocycles. The van der Waals surface area contributed by atoms with Crippen LogP contribution in [0.5, 0.6) is 0 Å². The van der Waals surface area contributed by atoms with Gasteiger partial charge in [-0.15, -0.1) is 0 Å². The second kappa shape index (κ2) is 8.46. The van der Waals surface area contributed by atoms with Crippen LogP contribution in [0.15, 0.2) is 0 Å². The number of nitrogens with one attached hydrogen (secondary N) is 1. The summed E-state index contributed by atoms with van der Waals surface area (Å²) in [5.41, 5.74) is 3.96. The minimum Gasteiger partial charge on any atom is -0.314 e. The van der Waals surface area contributed by atoms with Crippen LogP contribution in [0.4, 0.5) is 0 Å². The first kappa shape index (κ1) is 17.2. The first-order valence-electron chi connectivity index (χ1n) is 8.25. The zero-order valence-electron chi connectivity index (χ0n) is 14.3. The molecule has 20 heavy (non-hydrogen) atoms. The summed E-state index contributed by atoms with van der Waals surface area (Å²) in [7, 11) is 2.04. The molecule has 0 bridgehead atoms. The molecule has 0 amide bonds. The number of hydrogen-bond acceptors (Lipinski definition) is 2. The van der Waals surface area contributed by atoms with Crippen LogP contribution < -0.4 is 5.32 Å². The molecule has 0 fully saturated rings. The molecule has 0 saturated heterocycles. The second-order valence-corrected chi connectivity index (χ2v) is 5.98. The molecular formula is C17H33N3. The van der Waals surface area contributed by atoms with Crippen molar-refractivity contribution in [1.82, 2.24) is 15.1 Å². The molecule has 1 unspecified atom stereocenters. The van der Waals surface area contributed by atoms with Crippen LogP contribution in [0.25, 0.3) is 0 Å². The van der Waals surface area contributed by atoms with E-state index in [1.807, 2.05) is 11.7 Å². The number of nitrogens with zero attached hydrogens (tertiary/aromatic N) is 2. The Morgan fingerprint density at radius 3 is 2.25 bits per heavy atom. The summed E-state index contributed by atoms with van der Waals surface area (Å²) in [5, 5.41) is 8.19. The molecule has 1 aromatic rings. The highest BCUT2D eigenvalue weighted by Crippen LogP contribution is 2.20. The maximum atomic E-state index is 4.52. The molecule has 0 aliphatic rings. The van der Waals surface area contributed by atoms with E-state index in [0.717, 1.165) is 18.9 Å². The molecule has 0 radical (unpaired) electrons. The van der Waals surface area contributed by atoms with Crippen LogP contribution in [-0.4, -0.2) is 22.4 Å². The van der Waals surface area contributed by atoms with Crippen molar-refractivity contribution in [3.63, 3.8) is 0 Å². The van der Waals surface area contributed by atoms with Crippen molar-refractivity contribution < 1.29 is 0 Å². The highest BCUT2D eigenvalue weighted by Gasteiger charge is 2.16. The molecule has 0 aromatic carbocycles. The molecule has 3 heteroatoms. The van der Waals surface area contributed by atoms with Gasteiger partial charge in [0.1, 0.15) is 0 Å². The van der Waals surface area contributed by atoms with Gasteiger partial charge in [-0.25, -0.2) is 0 Å². The van der Waals surface area contributed by atoms with Crippen molar-refractivity contribution in [1.29, 1.82) is 0 Å². The quantitative estimate of drug-likeness (QED) is 0.745. The third-order valence-corrected chi connectivity index (χ3v) is 4.67. The Hall–Kier alpha value is -0.830. The normalized spacial score (nSPS) is 13.2. The fraction of sp³-hybridized carbons (Fsp3) is 0.824. The number of aromatic nitrogens is 2. The van der Waals surface area contributed by atoms with Gasteiger partial charge < -0.3 is 5.32 Å². The lowest BCUT2D eigenvalue weighted by Gasteiger charge is -2.23. The molecule has 1 aromatic heterocycles. The van der Waals surface area contributed by atoms with Gasteiger partial charge in [-0.2, -0.15) is 5.10 Å². The van der Waals surface area contributed by atoms with Crippen molar-refractivity contribution in [3.8, 4) is 0 Å². The van der Waals surface area contributed by atoms with Gasteiger partial charge in [-0.05, 0) is 51.1 Å². The lowest BCUT2D eigenvalue weighted by molar-refractivity contribution is 0.355. The van der Waals surface area contributed by atoms with E-state index in [-0.39, 0.29) is 0 Å². The Morgan fingerprint density at radius 2 is 1.80 bits per heavy atom. The Balaban J connectivity index is 2.62. The topological polar surface area (TPSA) is 29.9 Å². The van der Waals surface area contributed by atoms with Gasteiger partial charge in [-0.3, -0.25) is 4.68 Å². The smallest absolute Gasteiger partial charge is 0.0628 e. The third-order valence-electron chi connectivity index (χ3n) is 4.67. The van der Waals surface area contributed by atoms with E-state index in [2.05, 4.69) is 45.0 Å². The van der Waals surface area contributed by atoms with Crippen molar-refractivity contribution >= 4 is 0 Å². The molecule has 1 rings (SSSR count). The van der Waals surface area contributed by atoms with E-state index in [0.29, 0.717) is 6.04 Å². The molecule has 1 atom stereocenters. The van der Waals surface area contributed by atoms with E-state index < -0.39 is 0 Å². The zero-order valence-corrected chi connectivity index (χ0v) is 14.3. The van der Waals surface area contributed by atoms with Crippen LogP contribution in [0.1, 0.15) is 63.4 Å². The Kier molecular flexibility index (Phi) is 7.28. The van der Waals surface area contributed by atoms with E-state index in [1.165, 1.54) is 42.6 Å². The summed E-state index contributed by atoms with van der Waals surface area (Å²) in [4.78, 5) is 0. The zero-order chi connectivity index (χ0) is 15.1. The molecule has 0 aliphatic heterocycles. The monoisotopic (exact) mass is 279 g/mol. The third kappa shape index (κ3) is 4.62. The first-order chi connectivity index (χ1) is 9.53. The summed E-state index contributed by atoms with van der Waals surface area (Å²) in [6.45, 7) is 12.2. The molecule has 0 spiro atoms. The highest BCUT2D eigenvalue weighted by atomic mass is 15.3. The van der Waals surface area contributed by atoms with Crippen LogP contribution in [0, 0.1) is 19.8 Å². The number of rotatable bonds is 9. The van der Waals surface area contributed by atoms with Gasteiger partial charge >= 0.3 is 0 Å². The van der Waals surface area contributed by atoms with Crippen LogP contribution in [0.2, 0.25) is 0 Å². The molecule has 3 nitrogen and oxygen atoms in total. The van der Waals surface area contributed by atoms with Gasteiger partial charge in [0.2, 0.25) is 0 Å². The van der Waals surface area contributed by atoms with Crippen LogP contribution in [0.3, 0.4) is 0 Å². The van der Waals surface area contributed by atoms with Crippen molar-refractivity contribution in [2.45, 2.75) is 72.8 Å². The van der Waals surface area contributed by atoms with E-state index in [4.69, 9.17) is 0 Å². The molecule has 116 valence electrons. The second-order valence-electron chi connectivity index (χ2n) is 5.98. The fourth-order valence-corrected chi connectivity index (χ4v) is 3.11. The van der Waals surface area contributed by atoms with Gasteiger partial charge in [0.15, 0.2) is 0 Å². The van der Waals surface area contributed by atoms with Crippen LogP contribution >= 0.6 is 0 Å². The van der Waals surface area contributed by atoms with Crippen molar-refractivity contribution in [3.05, 3.63) is 17.0 Å². The van der Waals surface area contributed by atoms with Crippen molar-refractivity contribution in [2.75, 3.05) is 6.54 Å². The van der Waals surface area contributed by atoms with Gasteiger partial charge in [0, 0.05) is 18.8 Å². The lowest BCUT2D eigenvalue weighted by Crippen LogP contribution is -2.31. The molecular weight excluding hydrogens is 246 g/mol. The first-order valence-corrected chi connectivity index (χ1v) is 8.25. The maximum absolute atomic E-state index is 4.52. The summed E-state index contributed by atoms with van der Waals surface area (Å²) in [6, 6.07) is 0.643. The number of aryl methyl sites for hydroxylation is 2. The Labute approximate surface area is 125 Å². The van der Waals surface area contributed by atoms with E-state index >= 15 is 0 Å². The Morgan fingerprint density at radius 1 is 1.15 bits per heavy atom. The lowest BCUT2D eigenvalue weighted by atomic mass is 9.91. The SMILES string of the molecule is CCNC(CCc1c(C)nn(C)c1C)CC(CC)CC. The Bertz CT molecular complexity index is 391.